The molecule has 0 bridgehead atoms. The average Bonchev–Trinajstić information content (AvgIpc) is 3.05. The first-order valence-corrected chi connectivity index (χ1v) is 10.4. The summed E-state index contributed by atoms with van der Waals surface area (Å²) in [4.78, 5) is 3.26. The molecule has 0 fully saturated rings. The maximum absolute atomic E-state index is 11.7. The lowest BCUT2D eigenvalue weighted by Gasteiger charge is -2.33. The second-order valence-electron chi connectivity index (χ2n) is 6.54. The maximum Gasteiger partial charge on any atom is 0.229 e. The van der Waals surface area contributed by atoms with Crippen LogP contribution in [0.15, 0.2) is 54.7 Å². The Morgan fingerprint density at radius 2 is 1.85 bits per heavy atom. The van der Waals surface area contributed by atoms with Gasteiger partial charge in [0.15, 0.2) is 0 Å². The van der Waals surface area contributed by atoms with Gasteiger partial charge >= 0.3 is 0 Å². The number of aromatic amines is 1. The lowest BCUT2D eigenvalue weighted by Crippen LogP contribution is -2.32. The van der Waals surface area contributed by atoms with E-state index in [0.29, 0.717) is 12.3 Å². The van der Waals surface area contributed by atoms with Crippen molar-refractivity contribution >= 4 is 26.6 Å². The maximum atomic E-state index is 11.7. The predicted molar refractivity (Wildman–Crippen MR) is 106 cm³/mol. The van der Waals surface area contributed by atoms with E-state index >= 15 is 0 Å². The molecule has 3 rings (SSSR count). The Kier molecular flexibility index (Phi) is 5.07. The first kappa shape index (κ1) is 18.5. The van der Waals surface area contributed by atoms with Gasteiger partial charge in [-0.1, -0.05) is 49.4 Å². The van der Waals surface area contributed by atoms with Crippen molar-refractivity contribution in [2.24, 2.45) is 0 Å². The molecule has 0 aliphatic heterocycles. The number of rotatable bonds is 7. The molecule has 0 saturated heterocycles. The Balaban J connectivity index is 2.23. The largest absolute Gasteiger partial charge is 0.383 e. The van der Waals surface area contributed by atoms with Gasteiger partial charge in [-0.05, 0) is 23.6 Å². The van der Waals surface area contributed by atoms with Crippen LogP contribution in [0.2, 0.25) is 0 Å². The summed E-state index contributed by atoms with van der Waals surface area (Å²) < 4.78 is 31.6. The number of sulfonamides is 1. The van der Waals surface area contributed by atoms with Crippen LogP contribution in [0.5, 0.6) is 0 Å². The summed E-state index contributed by atoms with van der Waals surface area (Å²) in [6.45, 7) is 2.67. The van der Waals surface area contributed by atoms with Gasteiger partial charge in [0.25, 0.3) is 0 Å². The van der Waals surface area contributed by atoms with Crippen LogP contribution in [0.25, 0.3) is 10.9 Å². The summed E-state index contributed by atoms with van der Waals surface area (Å²) in [5, 5.41) is 0.987. The molecule has 2 aromatic carbocycles. The Labute approximate surface area is 154 Å². The van der Waals surface area contributed by atoms with Crippen molar-refractivity contribution in [1.82, 2.24) is 4.98 Å². The van der Waals surface area contributed by atoms with E-state index in [2.05, 4.69) is 28.8 Å². The van der Waals surface area contributed by atoms with Gasteiger partial charge in [0.05, 0.1) is 24.1 Å². The molecule has 6 heteroatoms. The quantitative estimate of drug-likeness (QED) is 0.661. The van der Waals surface area contributed by atoms with Crippen molar-refractivity contribution in [2.75, 3.05) is 24.7 Å². The predicted octanol–water partition coefficient (Wildman–Crippen LogP) is 3.88. The van der Waals surface area contributed by atoms with E-state index in [9.17, 15) is 8.42 Å². The molecule has 5 nitrogen and oxygen atoms in total. The van der Waals surface area contributed by atoms with Crippen LogP contribution in [0.3, 0.4) is 0 Å². The highest BCUT2D eigenvalue weighted by Gasteiger charge is 2.35. The number of benzene rings is 2. The van der Waals surface area contributed by atoms with Crippen molar-refractivity contribution in [1.29, 1.82) is 0 Å². The van der Waals surface area contributed by atoms with E-state index < -0.39 is 10.0 Å². The summed E-state index contributed by atoms with van der Waals surface area (Å²) in [7, 11) is -1.65. The Morgan fingerprint density at radius 3 is 2.46 bits per heavy atom. The van der Waals surface area contributed by atoms with Crippen molar-refractivity contribution in [3.63, 3.8) is 0 Å². The number of ether oxygens (including phenoxy) is 1. The Bertz CT molecular complexity index is 996. The second kappa shape index (κ2) is 7.13. The SMILES string of the molecule is CCC(COC)(c1ccccc1)c1c[nH]c2c(NS(C)(=O)=O)cccc12. The van der Waals surface area contributed by atoms with Crippen LogP contribution in [0, 0.1) is 0 Å². The summed E-state index contributed by atoms with van der Waals surface area (Å²) in [6, 6.07) is 15.9. The number of hydrogen-bond donors (Lipinski definition) is 2. The van der Waals surface area contributed by atoms with Crippen molar-refractivity contribution in [3.8, 4) is 0 Å². The average molecular weight is 372 g/mol. The highest BCUT2D eigenvalue weighted by Crippen LogP contribution is 2.41. The highest BCUT2D eigenvalue weighted by atomic mass is 32.2. The normalized spacial score (nSPS) is 14.3. The van der Waals surface area contributed by atoms with Crippen LogP contribution in [0.4, 0.5) is 5.69 Å². The van der Waals surface area contributed by atoms with Crippen LogP contribution < -0.4 is 4.72 Å². The molecule has 26 heavy (non-hydrogen) atoms. The molecule has 0 amide bonds. The second-order valence-corrected chi connectivity index (χ2v) is 8.29. The van der Waals surface area contributed by atoms with Gasteiger partial charge in [-0.2, -0.15) is 0 Å². The zero-order valence-electron chi connectivity index (χ0n) is 15.2. The molecule has 0 spiro atoms. The highest BCUT2D eigenvalue weighted by molar-refractivity contribution is 7.92. The van der Waals surface area contributed by atoms with Crippen LogP contribution in [0.1, 0.15) is 24.5 Å². The van der Waals surface area contributed by atoms with Gasteiger partial charge in [-0.15, -0.1) is 0 Å². The summed E-state index contributed by atoms with van der Waals surface area (Å²) in [6.07, 6.45) is 3.97. The number of para-hydroxylation sites is 1. The number of methoxy groups -OCH3 is 1. The molecule has 0 aliphatic carbocycles. The molecule has 3 aromatic rings. The monoisotopic (exact) mass is 372 g/mol. The number of nitrogens with one attached hydrogen (secondary N) is 2. The van der Waals surface area contributed by atoms with Gasteiger partial charge in [0, 0.05) is 24.1 Å². The molecule has 0 aliphatic rings. The summed E-state index contributed by atoms with van der Waals surface area (Å²) in [5.74, 6) is 0. The number of aromatic nitrogens is 1. The Morgan fingerprint density at radius 1 is 1.12 bits per heavy atom. The fraction of sp³-hybridized carbons (Fsp3) is 0.300. The number of H-pyrrole nitrogens is 1. The smallest absolute Gasteiger partial charge is 0.229 e. The van der Waals surface area contributed by atoms with E-state index in [1.165, 1.54) is 5.56 Å². The minimum absolute atomic E-state index is 0.321. The first-order chi connectivity index (χ1) is 12.4. The van der Waals surface area contributed by atoms with E-state index in [0.717, 1.165) is 29.1 Å². The third kappa shape index (κ3) is 3.34. The molecule has 138 valence electrons. The van der Waals surface area contributed by atoms with Gasteiger partial charge in [0.1, 0.15) is 0 Å². The van der Waals surface area contributed by atoms with E-state index in [4.69, 9.17) is 4.74 Å². The first-order valence-electron chi connectivity index (χ1n) is 8.54. The van der Waals surface area contributed by atoms with Crippen LogP contribution >= 0.6 is 0 Å². The summed E-state index contributed by atoms with van der Waals surface area (Å²) in [5.41, 5.74) is 3.27. The minimum Gasteiger partial charge on any atom is -0.383 e. The van der Waals surface area contributed by atoms with Crippen molar-refractivity contribution in [2.45, 2.75) is 18.8 Å². The fourth-order valence-corrected chi connectivity index (χ4v) is 4.22. The van der Waals surface area contributed by atoms with E-state index in [1.807, 2.05) is 36.5 Å². The molecule has 2 N–H and O–H groups in total. The van der Waals surface area contributed by atoms with Gasteiger partial charge in [0.2, 0.25) is 10.0 Å². The fourth-order valence-electron chi connectivity index (χ4n) is 3.65. The minimum atomic E-state index is -3.36. The van der Waals surface area contributed by atoms with Gasteiger partial charge < -0.3 is 9.72 Å². The zero-order valence-corrected chi connectivity index (χ0v) is 16.1. The molecular formula is C20H24N2O3S. The van der Waals surface area contributed by atoms with Crippen molar-refractivity contribution in [3.05, 3.63) is 65.9 Å². The van der Waals surface area contributed by atoms with E-state index in [-0.39, 0.29) is 5.41 Å². The zero-order chi connectivity index (χ0) is 18.8. The third-order valence-electron chi connectivity index (χ3n) is 4.85. The van der Waals surface area contributed by atoms with E-state index in [1.54, 1.807) is 13.2 Å². The van der Waals surface area contributed by atoms with Crippen LogP contribution in [-0.4, -0.2) is 33.4 Å². The molecule has 1 heterocycles. The number of hydrogen-bond acceptors (Lipinski definition) is 3. The molecule has 1 unspecified atom stereocenters. The lowest BCUT2D eigenvalue weighted by molar-refractivity contribution is 0.146. The molecular weight excluding hydrogens is 348 g/mol. The Hall–Kier alpha value is -2.31. The molecule has 0 radical (unpaired) electrons. The van der Waals surface area contributed by atoms with Gasteiger partial charge in [-0.25, -0.2) is 8.42 Å². The van der Waals surface area contributed by atoms with Gasteiger partial charge in [-0.3, -0.25) is 4.72 Å². The van der Waals surface area contributed by atoms with Crippen molar-refractivity contribution < 1.29 is 13.2 Å². The third-order valence-corrected chi connectivity index (χ3v) is 5.44. The molecule has 0 saturated carbocycles. The number of anilines is 1. The molecule has 1 aromatic heterocycles. The molecule has 1 atom stereocenters. The number of fused-ring (bicyclic) bond motifs is 1. The standard InChI is InChI=1S/C20H24N2O3S/c1-4-20(14-25-2,15-9-6-5-7-10-15)17-13-21-19-16(17)11-8-12-18(19)22-26(3,23)24/h5-13,21-22H,4,14H2,1-3H3. The lowest BCUT2D eigenvalue weighted by atomic mass is 9.73. The summed E-state index contributed by atoms with van der Waals surface area (Å²) >= 11 is 0. The van der Waals surface area contributed by atoms with Crippen LogP contribution in [-0.2, 0) is 20.2 Å². The topological polar surface area (TPSA) is 71.2 Å².